The van der Waals surface area contributed by atoms with Crippen molar-refractivity contribution >= 4 is 22.1 Å². The third-order valence-corrected chi connectivity index (χ3v) is 4.04. The standard InChI is InChI=1S/C15H26N4S/c1-6-18(10-11(2)3)14-13(9-16-12(4)5)19-7-8-20-15(19)17-14/h7-8,11-12,16H,6,9-10H2,1-5H3. The summed E-state index contributed by atoms with van der Waals surface area (Å²) in [6.45, 7) is 14.0. The van der Waals surface area contributed by atoms with Gasteiger partial charge in [-0.1, -0.05) is 27.7 Å². The van der Waals surface area contributed by atoms with E-state index in [-0.39, 0.29) is 0 Å². The number of nitrogens with zero attached hydrogens (tertiary/aromatic N) is 3. The number of hydrogen-bond donors (Lipinski definition) is 1. The van der Waals surface area contributed by atoms with Crippen LogP contribution in [0.4, 0.5) is 5.82 Å². The third-order valence-electron chi connectivity index (χ3n) is 3.28. The molecule has 0 amide bonds. The number of nitrogens with one attached hydrogen (secondary N) is 1. The van der Waals surface area contributed by atoms with E-state index in [0.717, 1.165) is 30.4 Å². The first-order chi connectivity index (χ1) is 9.52. The van der Waals surface area contributed by atoms with Gasteiger partial charge in [0.2, 0.25) is 0 Å². The molecule has 2 rings (SSSR count). The molecular weight excluding hydrogens is 268 g/mol. The number of anilines is 1. The number of rotatable bonds is 7. The van der Waals surface area contributed by atoms with E-state index in [4.69, 9.17) is 4.98 Å². The molecule has 0 unspecified atom stereocenters. The van der Waals surface area contributed by atoms with Crippen molar-refractivity contribution in [2.75, 3.05) is 18.0 Å². The van der Waals surface area contributed by atoms with Gasteiger partial charge in [0.1, 0.15) is 0 Å². The van der Waals surface area contributed by atoms with Gasteiger partial charge in [-0.3, -0.25) is 4.40 Å². The molecule has 0 radical (unpaired) electrons. The minimum atomic E-state index is 0.479. The number of imidazole rings is 1. The first-order valence-electron chi connectivity index (χ1n) is 7.45. The summed E-state index contributed by atoms with van der Waals surface area (Å²) in [6, 6.07) is 0.479. The lowest BCUT2D eigenvalue weighted by Gasteiger charge is -2.24. The fraction of sp³-hybridized carbons (Fsp3) is 0.667. The van der Waals surface area contributed by atoms with Gasteiger partial charge in [0.05, 0.1) is 5.69 Å². The lowest BCUT2D eigenvalue weighted by Crippen LogP contribution is -2.30. The Labute approximate surface area is 125 Å². The number of aromatic nitrogens is 2. The van der Waals surface area contributed by atoms with E-state index in [1.54, 1.807) is 11.3 Å². The maximum Gasteiger partial charge on any atom is 0.195 e. The first kappa shape index (κ1) is 15.3. The SMILES string of the molecule is CCN(CC(C)C)c1nc2sccn2c1CNC(C)C. The van der Waals surface area contributed by atoms with Gasteiger partial charge in [-0.2, -0.15) is 0 Å². The van der Waals surface area contributed by atoms with Gasteiger partial charge in [-0.15, -0.1) is 11.3 Å². The van der Waals surface area contributed by atoms with Crippen molar-refractivity contribution in [2.24, 2.45) is 5.92 Å². The summed E-state index contributed by atoms with van der Waals surface area (Å²) in [4.78, 5) is 8.32. The second-order valence-corrected chi connectivity index (χ2v) is 6.78. The zero-order chi connectivity index (χ0) is 14.7. The van der Waals surface area contributed by atoms with Crippen LogP contribution in [0.5, 0.6) is 0 Å². The highest BCUT2D eigenvalue weighted by Gasteiger charge is 2.18. The van der Waals surface area contributed by atoms with Crippen LogP contribution in [0.3, 0.4) is 0 Å². The minimum absolute atomic E-state index is 0.479. The largest absolute Gasteiger partial charge is 0.355 e. The van der Waals surface area contributed by atoms with Gasteiger partial charge in [0.15, 0.2) is 10.8 Å². The van der Waals surface area contributed by atoms with Gasteiger partial charge < -0.3 is 10.2 Å². The highest BCUT2D eigenvalue weighted by Crippen LogP contribution is 2.25. The molecule has 0 spiro atoms. The van der Waals surface area contributed by atoms with Crippen LogP contribution in [-0.4, -0.2) is 28.5 Å². The molecule has 0 atom stereocenters. The van der Waals surface area contributed by atoms with Crippen LogP contribution in [0.1, 0.15) is 40.3 Å². The Morgan fingerprint density at radius 3 is 2.70 bits per heavy atom. The number of thiazole rings is 1. The highest BCUT2D eigenvalue weighted by molar-refractivity contribution is 7.15. The predicted molar refractivity (Wildman–Crippen MR) is 87.8 cm³/mol. The molecule has 2 aromatic heterocycles. The Morgan fingerprint density at radius 1 is 1.35 bits per heavy atom. The quantitative estimate of drug-likeness (QED) is 0.850. The lowest BCUT2D eigenvalue weighted by molar-refractivity contribution is 0.573. The fourth-order valence-electron chi connectivity index (χ4n) is 2.35. The molecule has 112 valence electrons. The summed E-state index contributed by atoms with van der Waals surface area (Å²) in [7, 11) is 0. The average Bonchev–Trinajstić information content (AvgIpc) is 2.93. The van der Waals surface area contributed by atoms with Gasteiger partial charge in [-0.25, -0.2) is 4.98 Å². The van der Waals surface area contributed by atoms with Crippen LogP contribution in [0.2, 0.25) is 0 Å². The number of fused-ring (bicyclic) bond motifs is 1. The van der Waals surface area contributed by atoms with E-state index in [1.807, 2.05) is 0 Å². The van der Waals surface area contributed by atoms with Crippen LogP contribution < -0.4 is 10.2 Å². The lowest BCUT2D eigenvalue weighted by atomic mass is 10.2. The summed E-state index contributed by atoms with van der Waals surface area (Å²) >= 11 is 1.70. The third kappa shape index (κ3) is 3.33. The van der Waals surface area contributed by atoms with E-state index < -0.39 is 0 Å². The van der Waals surface area contributed by atoms with Crippen LogP contribution >= 0.6 is 11.3 Å². The summed E-state index contributed by atoms with van der Waals surface area (Å²) in [6.07, 6.45) is 2.12. The maximum atomic E-state index is 4.84. The van der Waals surface area contributed by atoms with Crippen molar-refractivity contribution in [1.82, 2.24) is 14.7 Å². The summed E-state index contributed by atoms with van der Waals surface area (Å²) in [5.74, 6) is 1.78. The first-order valence-corrected chi connectivity index (χ1v) is 8.33. The Morgan fingerprint density at radius 2 is 2.10 bits per heavy atom. The predicted octanol–water partition coefficient (Wildman–Crippen LogP) is 3.38. The Kier molecular flexibility index (Phi) is 5.05. The van der Waals surface area contributed by atoms with Crippen LogP contribution in [-0.2, 0) is 6.54 Å². The van der Waals surface area contributed by atoms with Gasteiger partial charge in [0, 0.05) is 37.3 Å². The Bertz CT molecular complexity index is 541. The normalized spacial score (nSPS) is 11.9. The molecule has 4 nitrogen and oxygen atoms in total. The van der Waals surface area contributed by atoms with E-state index in [1.165, 1.54) is 5.69 Å². The van der Waals surface area contributed by atoms with Crippen LogP contribution in [0.25, 0.3) is 4.96 Å². The van der Waals surface area contributed by atoms with E-state index in [0.29, 0.717) is 12.0 Å². The number of hydrogen-bond acceptors (Lipinski definition) is 4. The molecule has 2 heterocycles. The van der Waals surface area contributed by atoms with Crippen molar-refractivity contribution in [1.29, 1.82) is 0 Å². The van der Waals surface area contributed by atoms with Crippen LogP contribution in [0.15, 0.2) is 11.6 Å². The molecule has 5 heteroatoms. The molecule has 0 aliphatic rings. The molecule has 0 bridgehead atoms. The molecule has 2 aromatic rings. The molecule has 0 saturated heterocycles. The topological polar surface area (TPSA) is 32.6 Å². The van der Waals surface area contributed by atoms with E-state index >= 15 is 0 Å². The smallest absolute Gasteiger partial charge is 0.195 e. The van der Waals surface area contributed by atoms with Crippen molar-refractivity contribution < 1.29 is 0 Å². The van der Waals surface area contributed by atoms with E-state index in [9.17, 15) is 0 Å². The van der Waals surface area contributed by atoms with Crippen molar-refractivity contribution in [3.05, 3.63) is 17.3 Å². The molecule has 0 aliphatic heterocycles. The molecule has 0 saturated carbocycles. The second-order valence-electron chi connectivity index (χ2n) is 5.91. The molecule has 0 aromatic carbocycles. The maximum absolute atomic E-state index is 4.84. The van der Waals surface area contributed by atoms with Crippen molar-refractivity contribution in [3.8, 4) is 0 Å². The molecule has 0 aliphatic carbocycles. The fourth-order valence-corrected chi connectivity index (χ4v) is 3.07. The highest BCUT2D eigenvalue weighted by atomic mass is 32.1. The van der Waals surface area contributed by atoms with E-state index in [2.05, 4.69) is 60.8 Å². The second kappa shape index (κ2) is 6.59. The van der Waals surface area contributed by atoms with Gasteiger partial charge in [0.25, 0.3) is 0 Å². The zero-order valence-electron chi connectivity index (χ0n) is 13.2. The molecule has 1 N–H and O–H groups in total. The molecule has 20 heavy (non-hydrogen) atoms. The average molecular weight is 294 g/mol. The van der Waals surface area contributed by atoms with Gasteiger partial charge >= 0.3 is 0 Å². The Hall–Kier alpha value is -1.07. The zero-order valence-corrected chi connectivity index (χ0v) is 14.0. The summed E-state index contributed by atoms with van der Waals surface area (Å²) in [5, 5.41) is 5.62. The van der Waals surface area contributed by atoms with Crippen molar-refractivity contribution in [2.45, 2.75) is 47.2 Å². The molecule has 0 fully saturated rings. The summed E-state index contributed by atoms with van der Waals surface area (Å²) < 4.78 is 2.22. The minimum Gasteiger partial charge on any atom is -0.355 e. The summed E-state index contributed by atoms with van der Waals surface area (Å²) in [5.41, 5.74) is 1.28. The van der Waals surface area contributed by atoms with Crippen molar-refractivity contribution in [3.63, 3.8) is 0 Å². The Balaban J connectivity index is 2.34. The van der Waals surface area contributed by atoms with Gasteiger partial charge in [-0.05, 0) is 12.8 Å². The monoisotopic (exact) mass is 294 g/mol. The van der Waals surface area contributed by atoms with Crippen LogP contribution in [0, 0.1) is 5.92 Å². The molecular formula is C15H26N4S.